The molecule has 0 aliphatic heterocycles. The Bertz CT molecular complexity index is 841. The van der Waals surface area contributed by atoms with E-state index in [-0.39, 0.29) is 5.91 Å². The highest BCUT2D eigenvalue weighted by Gasteiger charge is 2.11. The molecule has 1 N–H and O–H groups in total. The van der Waals surface area contributed by atoms with Crippen molar-refractivity contribution in [3.8, 4) is 17.2 Å². The second kappa shape index (κ2) is 10.3. The molecule has 2 aromatic rings. The summed E-state index contributed by atoms with van der Waals surface area (Å²) in [6, 6.07) is 8.69. The number of carbonyl (C=O) groups is 1. The Kier molecular flexibility index (Phi) is 8.12. The number of hydrazone groups is 1. The van der Waals surface area contributed by atoms with Gasteiger partial charge in [0.15, 0.2) is 11.5 Å². The Morgan fingerprint density at radius 3 is 2.52 bits per heavy atom. The maximum atomic E-state index is 12.3. The number of hydrogen-bond acceptors (Lipinski definition) is 5. The summed E-state index contributed by atoms with van der Waals surface area (Å²) in [4.78, 5) is 12.3. The van der Waals surface area contributed by atoms with Crippen molar-refractivity contribution in [3.05, 3.63) is 50.4 Å². The molecule has 0 unspecified atom stereocenters. The van der Waals surface area contributed by atoms with Crippen LogP contribution >= 0.6 is 31.9 Å². The van der Waals surface area contributed by atoms with Crippen LogP contribution in [0.4, 0.5) is 0 Å². The smallest absolute Gasteiger partial charge is 0.271 e. The fourth-order valence-corrected chi connectivity index (χ4v) is 3.65. The molecule has 0 fully saturated rings. The van der Waals surface area contributed by atoms with Crippen LogP contribution in [0.2, 0.25) is 0 Å². The van der Waals surface area contributed by atoms with Crippen LogP contribution in [0.3, 0.4) is 0 Å². The quantitative estimate of drug-likeness (QED) is 0.419. The van der Waals surface area contributed by atoms with Gasteiger partial charge in [-0.15, -0.1) is 0 Å². The maximum absolute atomic E-state index is 12.3. The first-order valence-corrected chi connectivity index (χ1v) is 9.84. The lowest BCUT2D eigenvalue weighted by Crippen LogP contribution is -2.17. The molecule has 8 heteroatoms. The van der Waals surface area contributed by atoms with Crippen molar-refractivity contribution in [1.29, 1.82) is 0 Å². The Morgan fingerprint density at radius 1 is 1.11 bits per heavy atom. The van der Waals surface area contributed by atoms with Gasteiger partial charge in [0.2, 0.25) is 0 Å². The molecule has 144 valence electrons. The van der Waals surface area contributed by atoms with Gasteiger partial charge in [-0.25, -0.2) is 5.43 Å². The van der Waals surface area contributed by atoms with Crippen molar-refractivity contribution in [3.63, 3.8) is 0 Å². The summed E-state index contributed by atoms with van der Waals surface area (Å²) in [5.41, 5.74) is 3.64. The fraction of sp³-hybridized carbons (Fsp3) is 0.263. The number of ether oxygens (including phenoxy) is 3. The molecule has 0 aromatic heterocycles. The largest absolute Gasteiger partial charge is 0.493 e. The molecule has 0 saturated carbocycles. The maximum Gasteiger partial charge on any atom is 0.271 e. The number of nitrogens with one attached hydrogen (secondary N) is 1. The number of methoxy groups -OCH3 is 1. The zero-order valence-corrected chi connectivity index (χ0v) is 18.4. The van der Waals surface area contributed by atoms with Gasteiger partial charge in [-0.05, 0) is 60.1 Å². The monoisotopic (exact) mass is 498 g/mol. The van der Waals surface area contributed by atoms with Gasteiger partial charge in [0.1, 0.15) is 5.75 Å². The van der Waals surface area contributed by atoms with E-state index in [1.54, 1.807) is 18.2 Å². The minimum atomic E-state index is -0.361. The molecule has 0 bridgehead atoms. The van der Waals surface area contributed by atoms with Gasteiger partial charge in [0.25, 0.3) is 5.91 Å². The first kappa shape index (κ1) is 21.2. The van der Waals surface area contributed by atoms with Gasteiger partial charge in [-0.3, -0.25) is 4.79 Å². The van der Waals surface area contributed by atoms with Crippen LogP contribution in [0.25, 0.3) is 0 Å². The van der Waals surface area contributed by atoms with Crippen molar-refractivity contribution in [2.24, 2.45) is 5.10 Å². The van der Waals surface area contributed by atoms with Crippen molar-refractivity contribution < 1.29 is 19.0 Å². The zero-order valence-electron chi connectivity index (χ0n) is 15.2. The summed E-state index contributed by atoms with van der Waals surface area (Å²) in [5.74, 6) is 1.37. The van der Waals surface area contributed by atoms with Gasteiger partial charge in [0.05, 0.1) is 31.0 Å². The molecular formula is C19H20Br2N2O4. The third-order valence-corrected chi connectivity index (χ3v) is 4.47. The number of benzene rings is 2. The van der Waals surface area contributed by atoms with Crippen molar-refractivity contribution in [2.45, 2.75) is 13.8 Å². The molecule has 0 spiro atoms. The van der Waals surface area contributed by atoms with E-state index in [4.69, 9.17) is 14.2 Å². The highest BCUT2D eigenvalue weighted by molar-refractivity contribution is 9.11. The third kappa shape index (κ3) is 5.71. The Morgan fingerprint density at radius 2 is 1.85 bits per heavy atom. The van der Waals surface area contributed by atoms with Crippen molar-refractivity contribution >= 4 is 44.0 Å². The highest BCUT2D eigenvalue weighted by Crippen LogP contribution is 2.32. The van der Waals surface area contributed by atoms with Crippen LogP contribution in [0.5, 0.6) is 17.2 Å². The van der Waals surface area contributed by atoms with E-state index in [0.29, 0.717) is 36.0 Å². The first-order chi connectivity index (χ1) is 13.0. The molecule has 0 atom stereocenters. The van der Waals surface area contributed by atoms with E-state index in [2.05, 4.69) is 42.4 Å². The first-order valence-electron chi connectivity index (χ1n) is 8.26. The molecule has 0 aliphatic rings. The van der Waals surface area contributed by atoms with E-state index in [1.807, 2.05) is 26.0 Å². The summed E-state index contributed by atoms with van der Waals surface area (Å²) in [6.45, 7) is 4.80. The number of amides is 1. The Balaban J connectivity index is 2.16. The molecular weight excluding hydrogens is 480 g/mol. The molecule has 1 amide bonds. The van der Waals surface area contributed by atoms with E-state index >= 15 is 0 Å². The fourth-order valence-electron chi connectivity index (χ4n) is 2.28. The summed E-state index contributed by atoms with van der Waals surface area (Å²) in [6.07, 6.45) is 1.53. The number of halogens is 2. The molecule has 6 nitrogen and oxygen atoms in total. The summed E-state index contributed by atoms with van der Waals surface area (Å²) >= 11 is 6.89. The topological polar surface area (TPSA) is 69.2 Å². The summed E-state index contributed by atoms with van der Waals surface area (Å²) < 4.78 is 18.0. The van der Waals surface area contributed by atoms with Crippen LogP contribution in [0.1, 0.15) is 29.8 Å². The molecule has 0 radical (unpaired) electrons. The predicted octanol–water partition coefficient (Wildman–Crippen LogP) is 4.78. The SMILES string of the molecule is CCOc1ccc(C(=O)N/N=C/c2cc(Br)cc(Br)c2OCC)cc1OC. The van der Waals surface area contributed by atoms with Crippen molar-refractivity contribution in [2.75, 3.05) is 20.3 Å². The minimum absolute atomic E-state index is 0.361. The standard InChI is InChI=1S/C19H20Br2N2O4/c1-4-26-16-7-6-12(9-17(16)25-3)19(24)23-22-11-13-8-14(20)10-15(21)18(13)27-5-2/h6-11H,4-5H2,1-3H3,(H,23,24)/b22-11+. The Labute approximate surface area is 175 Å². The van der Waals surface area contributed by atoms with Gasteiger partial charge in [-0.1, -0.05) is 15.9 Å². The molecule has 0 heterocycles. The van der Waals surface area contributed by atoms with Crippen molar-refractivity contribution in [1.82, 2.24) is 5.43 Å². The van der Waals surface area contributed by atoms with Crippen LogP contribution < -0.4 is 19.6 Å². The average Bonchev–Trinajstić information content (AvgIpc) is 2.64. The van der Waals surface area contributed by atoms with Gasteiger partial charge >= 0.3 is 0 Å². The van der Waals surface area contributed by atoms with Crippen LogP contribution in [0, 0.1) is 0 Å². The highest BCUT2D eigenvalue weighted by atomic mass is 79.9. The second-order valence-electron chi connectivity index (χ2n) is 5.24. The lowest BCUT2D eigenvalue weighted by Gasteiger charge is -2.11. The Hall–Kier alpha value is -2.06. The molecule has 0 aliphatic carbocycles. The minimum Gasteiger partial charge on any atom is -0.493 e. The van der Waals surface area contributed by atoms with Gasteiger partial charge < -0.3 is 14.2 Å². The van der Waals surface area contributed by atoms with E-state index < -0.39 is 0 Å². The molecule has 2 rings (SSSR count). The number of hydrogen-bond donors (Lipinski definition) is 1. The summed E-state index contributed by atoms with van der Waals surface area (Å²) in [5, 5.41) is 4.04. The van der Waals surface area contributed by atoms with E-state index in [1.165, 1.54) is 13.3 Å². The van der Waals surface area contributed by atoms with Gasteiger partial charge in [-0.2, -0.15) is 5.10 Å². The normalized spacial score (nSPS) is 10.7. The lowest BCUT2D eigenvalue weighted by atomic mass is 10.2. The number of carbonyl (C=O) groups excluding carboxylic acids is 1. The molecule has 2 aromatic carbocycles. The lowest BCUT2D eigenvalue weighted by molar-refractivity contribution is 0.0954. The van der Waals surface area contributed by atoms with Gasteiger partial charge in [0, 0.05) is 15.6 Å². The van der Waals surface area contributed by atoms with E-state index in [0.717, 1.165) is 14.5 Å². The average molecular weight is 500 g/mol. The van der Waals surface area contributed by atoms with Crippen LogP contribution in [0.15, 0.2) is 44.4 Å². The molecule has 27 heavy (non-hydrogen) atoms. The zero-order chi connectivity index (χ0) is 19.8. The predicted molar refractivity (Wildman–Crippen MR) is 112 cm³/mol. The van der Waals surface area contributed by atoms with Crippen LogP contribution in [-0.2, 0) is 0 Å². The van der Waals surface area contributed by atoms with E-state index in [9.17, 15) is 4.79 Å². The number of nitrogens with zero attached hydrogens (tertiary/aromatic N) is 1. The number of rotatable bonds is 8. The summed E-state index contributed by atoms with van der Waals surface area (Å²) in [7, 11) is 1.53. The molecule has 0 saturated heterocycles. The third-order valence-electron chi connectivity index (χ3n) is 3.42. The van der Waals surface area contributed by atoms with Crippen LogP contribution in [-0.4, -0.2) is 32.4 Å². The second-order valence-corrected chi connectivity index (χ2v) is 7.01.